The van der Waals surface area contributed by atoms with Crippen LogP contribution in [0.1, 0.15) is 5.56 Å². The summed E-state index contributed by atoms with van der Waals surface area (Å²) in [7, 11) is -3.85. The van der Waals surface area contributed by atoms with Crippen LogP contribution in [0, 0.1) is 11.3 Å². The van der Waals surface area contributed by atoms with E-state index in [-0.39, 0.29) is 15.5 Å². The standard InChI is InChI=1S/C13H7BrCl2N2O2S/c14-10-6-9(2-3-11(10)15)18-21(19,20)13-4-1-8(7-17)5-12(13)16/h1-6,18H. The third-order valence-electron chi connectivity index (χ3n) is 2.52. The number of nitrogens with one attached hydrogen (secondary N) is 1. The van der Waals surface area contributed by atoms with Crippen LogP contribution < -0.4 is 4.72 Å². The molecule has 0 amide bonds. The molecular formula is C13H7BrCl2N2O2S. The third-order valence-corrected chi connectivity index (χ3v) is 5.60. The van der Waals surface area contributed by atoms with E-state index in [0.717, 1.165) is 0 Å². The van der Waals surface area contributed by atoms with Crippen LogP contribution in [0.15, 0.2) is 45.8 Å². The molecule has 21 heavy (non-hydrogen) atoms. The van der Waals surface area contributed by atoms with Crippen molar-refractivity contribution >= 4 is 54.8 Å². The second-order valence-electron chi connectivity index (χ2n) is 3.99. The van der Waals surface area contributed by atoms with Crippen molar-refractivity contribution in [3.63, 3.8) is 0 Å². The Kier molecular flexibility index (Phi) is 4.79. The smallest absolute Gasteiger partial charge is 0.263 e. The van der Waals surface area contributed by atoms with E-state index in [1.807, 2.05) is 6.07 Å². The highest BCUT2D eigenvalue weighted by Crippen LogP contribution is 2.28. The summed E-state index contributed by atoms with van der Waals surface area (Å²) in [5.74, 6) is 0. The molecule has 2 aromatic carbocycles. The second-order valence-corrected chi connectivity index (χ2v) is 7.31. The number of nitrogens with zero attached hydrogens (tertiary/aromatic N) is 1. The molecule has 0 atom stereocenters. The largest absolute Gasteiger partial charge is 0.280 e. The molecule has 2 aromatic rings. The monoisotopic (exact) mass is 404 g/mol. The number of benzene rings is 2. The lowest BCUT2D eigenvalue weighted by Crippen LogP contribution is -2.13. The predicted molar refractivity (Wildman–Crippen MR) is 86.1 cm³/mol. The zero-order valence-electron chi connectivity index (χ0n) is 10.3. The van der Waals surface area contributed by atoms with Crippen molar-refractivity contribution in [2.45, 2.75) is 4.90 Å². The summed E-state index contributed by atoms with van der Waals surface area (Å²) in [6.45, 7) is 0. The molecule has 0 unspecified atom stereocenters. The fraction of sp³-hybridized carbons (Fsp3) is 0. The summed E-state index contributed by atoms with van der Waals surface area (Å²) in [4.78, 5) is -0.103. The van der Waals surface area contributed by atoms with Gasteiger partial charge < -0.3 is 0 Å². The Hall–Kier alpha value is -1.26. The van der Waals surface area contributed by atoms with Crippen LogP contribution in [-0.2, 0) is 10.0 Å². The van der Waals surface area contributed by atoms with Gasteiger partial charge in [0, 0.05) is 4.47 Å². The van der Waals surface area contributed by atoms with Gasteiger partial charge in [0.2, 0.25) is 0 Å². The van der Waals surface area contributed by atoms with Gasteiger partial charge in [-0.25, -0.2) is 8.42 Å². The second kappa shape index (κ2) is 6.24. The first-order chi connectivity index (χ1) is 9.83. The zero-order valence-corrected chi connectivity index (χ0v) is 14.2. The summed E-state index contributed by atoms with van der Waals surface area (Å²) in [5, 5.41) is 9.20. The van der Waals surface area contributed by atoms with Crippen molar-refractivity contribution < 1.29 is 8.42 Å². The molecule has 1 N–H and O–H groups in total. The van der Waals surface area contributed by atoms with Gasteiger partial charge in [-0.15, -0.1) is 0 Å². The molecule has 108 valence electrons. The maximum atomic E-state index is 12.3. The first kappa shape index (κ1) is 16.1. The summed E-state index contributed by atoms with van der Waals surface area (Å²) >= 11 is 15.0. The lowest BCUT2D eigenvalue weighted by Gasteiger charge is -2.10. The van der Waals surface area contributed by atoms with Crippen molar-refractivity contribution in [2.24, 2.45) is 0 Å². The molecule has 8 heteroatoms. The normalized spacial score (nSPS) is 11.0. The first-order valence-electron chi connectivity index (χ1n) is 5.51. The van der Waals surface area contributed by atoms with Crippen molar-refractivity contribution in [3.05, 3.63) is 56.5 Å². The number of nitriles is 1. The van der Waals surface area contributed by atoms with E-state index < -0.39 is 10.0 Å². The SMILES string of the molecule is N#Cc1ccc(S(=O)(=O)Nc2ccc(Cl)c(Br)c2)c(Cl)c1. The minimum absolute atomic E-state index is 0.0189. The maximum absolute atomic E-state index is 12.3. The van der Waals surface area contributed by atoms with Crippen molar-refractivity contribution in [1.82, 2.24) is 0 Å². The molecule has 0 bridgehead atoms. The molecule has 2 rings (SSSR count). The highest BCUT2D eigenvalue weighted by molar-refractivity contribution is 9.10. The van der Waals surface area contributed by atoms with Crippen LogP contribution in [0.2, 0.25) is 10.0 Å². The van der Waals surface area contributed by atoms with Gasteiger partial charge in [0.1, 0.15) is 4.90 Å². The van der Waals surface area contributed by atoms with Gasteiger partial charge in [0.05, 0.1) is 27.4 Å². The van der Waals surface area contributed by atoms with Gasteiger partial charge in [0.25, 0.3) is 10.0 Å². The molecule has 0 aliphatic heterocycles. The molecule has 0 fully saturated rings. The Labute approximate surface area is 140 Å². The highest BCUT2D eigenvalue weighted by atomic mass is 79.9. The van der Waals surface area contributed by atoms with Crippen LogP contribution in [0.3, 0.4) is 0 Å². The van der Waals surface area contributed by atoms with Crippen LogP contribution in [0.25, 0.3) is 0 Å². The Balaban J connectivity index is 2.38. The molecule has 0 saturated heterocycles. The topological polar surface area (TPSA) is 70.0 Å². The van der Waals surface area contributed by atoms with Gasteiger partial charge in [-0.3, -0.25) is 4.72 Å². The Morgan fingerprint density at radius 3 is 2.38 bits per heavy atom. The number of anilines is 1. The lowest BCUT2D eigenvalue weighted by atomic mass is 10.2. The van der Waals surface area contributed by atoms with Crippen LogP contribution in [-0.4, -0.2) is 8.42 Å². The summed E-state index contributed by atoms with van der Waals surface area (Å²) in [6, 6.07) is 10.5. The number of halogens is 3. The van der Waals surface area contributed by atoms with E-state index in [9.17, 15) is 8.42 Å². The molecule has 4 nitrogen and oxygen atoms in total. The van der Waals surface area contributed by atoms with E-state index >= 15 is 0 Å². The summed E-state index contributed by atoms with van der Waals surface area (Å²) in [5.41, 5.74) is 0.625. The minimum atomic E-state index is -3.85. The van der Waals surface area contributed by atoms with E-state index in [4.69, 9.17) is 28.5 Å². The van der Waals surface area contributed by atoms with Crippen molar-refractivity contribution in [1.29, 1.82) is 5.26 Å². The average Bonchev–Trinajstić information content (AvgIpc) is 2.42. The fourth-order valence-electron chi connectivity index (χ4n) is 1.56. The molecule has 0 aromatic heterocycles. The maximum Gasteiger partial charge on any atom is 0.263 e. The van der Waals surface area contributed by atoms with Crippen LogP contribution >= 0.6 is 39.1 Å². The molecule has 0 radical (unpaired) electrons. The van der Waals surface area contributed by atoms with Gasteiger partial charge in [-0.05, 0) is 52.3 Å². The fourth-order valence-corrected chi connectivity index (χ4v) is 3.65. The zero-order chi connectivity index (χ0) is 15.6. The van der Waals surface area contributed by atoms with E-state index in [2.05, 4.69) is 20.7 Å². The Morgan fingerprint density at radius 1 is 1.10 bits per heavy atom. The molecule has 0 aliphatic carbocycles. The van der Waals surface area contributed by atoms with E-state index in [0.29, 0.717) is 15.2 Å². The number of rotatable bonds is 3. The van der Waals surface area contributed by atoms with Gasteiger partial charge in [-0.1, -0.05) is 23.2 Å². The molecule has 0 spiro atoms. The van der Waals surface area contributed by atoms with Gasteiger partial charge >= 0.3 is 0 Å². The number of sulfonamides is 1. The molecule has 0 aliphatic rings. The highest BCUT2D eigenvalue weighted by Gasteiger charge is 2.18. The van der Waals surface area contributed by atoms with Crippen molar-refractivity contribution in [2.75, 3.05) is 4.72 Å². The Bertz CT molecular complexity index is 848. The van der Waals surface area contributed by atoms with E-state index in [1.165, 1.54) is 30.3 Å². The quantitative estimate of drug-likeness (QED) is 0.820. The average molecular weight is 406 g/mol. The summed E-state index contributed by atoms with van der Waals surface area (Å²) < 4.78 is 27.5. The third kappa shape index (κ3) is 3.69. The molecule has 0 saturated carbocycles. The minimum Gasteiger partial charge on any atom is -0.280 e. The number of hydrogen-bond acceptors (Lipinski definition) is 3. The molecule has 0 heterocycles. The van der Waals surface area contributed by atoms with Gasteiger partial charge in [0.15, 0.2) is 0 Å². The summed E-state index contributed by atoms with van der Waals surface area (Å²) in [6.07, 6.45) is 0. The number of hydrogen-bond donors (Lipinski definition) is 1. The predicted octanol–water partition coefficient (Wildman–Crippen LogP) is 4.43. The lowest BCUT2D eigenvalue weighted by molar-refractivity contribution is 0.601. The van der Waals surface area contributed by atoms with Crippen molar-refractivity contribution in [3.8, 4) is 6.07 Å². The molecular weight excluding hydrogens is 399 g/mol. The van der Waals surface area contributed by atoms with Gasteiger partial charge in [-0.2, -0.15) is 5.26 Å². The first-order valence-corrected chi connectivity index (χ1v) is 8.54. The Morgan fingerprint density at radius 2 is 1.81 bits per heavy atom. The van der Waals surface area contributed by atoms with E-state index in [1.54, 1.807) is 6.07 Å². The van der Waals surface area contributed by atoms with Crippen LogP contribution in [0.5, 0.6) is 0 Å². The van der Waals surface area contributed by atoms with Crippen LogP contribution in [0.4, 0.5) is 5.69 Å².